The lowest BCUT2D eigenvalue weighted by molar-refractivity contribution is 0.173. The minimum atomic E-state index is 0.156. The molecule has 2 heterocycles. The monoisotopic (exact) mass is 242 g/mol. The highest BCUT2D eigenvalue weighted by atomic mass is 32.2. The molecule has 2 rings (SSSR count). The van der Waals surface area contributed by atoms with Crippen LogP contribution in [-0.4, -0.2) is 42.1 Å². The van der Waals surface area contributed by atoms with Gasteiger partial charge in [0.2, 0.25) is 0 Å². The Morgan fingerprint density at radius 1 is 1.38 bits per heavy atom. The quantitative estimate of drug-likeness (QED) is 0.805. The maximum absolute atomic E-state index is 11.9. The molecule has 0 aromatic carbocycles. The van der Waals surface area contributed by atoms with Gasteiger partial charge in [-0.05, 0) is 42.6 Å². The first-order chi connectivity index (χ1) is 7.75. The van der Waals surface area contributed by atoms with Crippen molar-refractivity contribution in [2.24, 2.45) is 11.8 Å². The van der Waals surface area contributed by atoms with E-state index in [1.165, 1.54) is 17.9 Å². The average Bonchev–Trinajstić information content (AvgIpc) is 2.80. The lowest BCUT2D eigenvalue weighted by Crippen LogP contribution is -2.45. The van der Waals surface area contributed by atoms with Crippen LogP contribution < -0.4 is 5.32 Å². The molecule has 2 aliphatic heterocycles. The van der Waals surface area contributed by atoms with E-state index in [1.807, 2.05) is 16.7 Å². The zero-order valence-corrected chi connectivity index (χ0v) is 10.9. The fourth-order valence-electron chi connectivity index (χ4n) is 2.30. The molecule has 2 amide bonds. The first-order valence-corrected chi connectivity index (χ1v) is 7.51. The number of carbonyl (C=O) groups excluding carboxylic acids is 1. The van der Waals surface area contributed by atoms with Gasteiger partial charge in [0.25, 0.3) is 0 Å². The first kappa shape index (κ1) is 12.1. The topological polar surface area (TPSA) is 32.3 Å². The summed E-state index contributed by atoms with van der Waals surface area (Å²) in [5.74, 6) is 3.98. The van der Waals surface area contributed by atoms with Crippen LogP contribution in [-0.2, 0) is 0 Å². The number of nitrogens with one attached hydrogen (secondary N) is 1. The van der Waals surface area contributed by atoms with E-state index in [0.29, 0.717) is 5.92 Å². The molecule has 1 N–H and O–H groups in total. The largest absolute Gasteiger partial charge is 0.338 e. The Kier molecular flexibility index (Phi) is 4.38. The molecule has 0 spiro atoms. The van der Waals surface area contributed by atoms with E-state index in [-0.39, 0.29) is 6.03 Å². The van der Waals surface area contributed by atoms with E-state index in [4.69, 9.17) is 0 Å². The third-order valence-electron chi connectivity index (χ3n) is 3.64. The summed E-state index contributed by atoms with van der Waals surface area (Å²) in [6.45, 7) is 5.02. The van der Waals surface area contributed by atoms with Crippen LogP contribution in [0.15, 0.2) is 0 Å². The summed E-state index contributed by atoms with van der Waals surface area (Å²) in [5.41, 5.74) is 0. The predicted molar refractivity (Wildman–Crippen MR) is 68.8 cm³/mol. The molecule has 0 aromatic heterocycles. The number of likely N-dealkylation sites (tertiary alicyclic amines) is 1. The van der Waals surface area contributed by atoms with E-state index in [2.05, 4.69) is 12.2 Å². The molecule has 2 aliphatic rings. The number of urea groups is 1. The van der Waals surface area contributed by atoms with Crippen LogP contribution in [0.5, 0.6) is 0 Å². The fraction of sp³-hybridized carbons (Fsp3) is 0.917. The predicted octanol–water partition coefficient (Wildman–Crippen LogP) is 2.18. The number of hydrogen-bond donors (Lipinski definition) is 1. The molecule has 3 nitrogen and oxygen atoms in total. The molecule has 2 fully saturated rings. The molecular formula is C12H22N2OS. The van der Waals surface area contributed by atoms with Crippen molar-refractivity contribution in [3.63, 3.8) is 0 Å². The normalized spacial score (nSPS) is 27.1. The van der Waals surface area contributed by atoms with Crippen LogP contribution >= 0.6 is 11.8 Å². The van der Waals surface area contributed by atoms with Gasteiger partial charge in [0.1, 0.15) is 0 Å². The number of rotatable bonds is 2. The van der Waals surface area contributed by atoms with Crippen LogP contribution in [0.25, 0.3) is 0 Å². The average molecular weight is 242 g/mol. The fourth-order valence-corrected chi connectivity index (χ4v) is 3.58. The van der Waals surface area contributed by atoms with Crippen LogP contribution in [0.4, 0.5) is 4.79 Å². The Bertz CT molecular complexity index is 233. The number of thioether (sulfide) groups is 1. The highest BCUT2D eigenvalue weighted by molar-refractivity contribution is 7.99. The van der Waals surface area contributed by atoms with Crippen molar-refractivity contribution >= 4 is 17.8 Å². The lowest BCUT2D eigenvalue weighted by Gasteiger charge is -2.30. The minimum Gasteiger partial charge on any atom is -0.338 e. The van der Waals surface area contributed by atoms with Gasteiger partial charge in [-0.3, -0.25) is 0 Å². The molecule has 0 bridgehead atoms. The van der Waals surface area contributed by atoms with Gasteiger partial charge in [-0.15, -0.1) is 0 Å². The molecule has 0 saturated carbocycles. The number of nitrogens with zero attached hydrogens (tertiary/aromatic N) is 1. The van der Waals surface area contributed by atoms with Gasteiger partial charge in [0, 0.05) is 19.6 Å². The summed E-state index contributed by atoms with van der Waals surface area (Å²) in [7, 11) is 0. The molecule has 4 heteroatoms. The Labute approximate surface area is 102 Å². The molecule has 2 saturated heterocycles. The van der Waals surface area contributed by atoms with E-state index in [0.717, 1.165) is 38.4 Å². The van der Waals surface area contributed by atoms with Gasteiger partial charge in [-0.1, -0.05) is 6.92 Å². The Morgan fingerprint density at radius 3 is 2.75 bits per heavy atom. The second-order valence-electron chi connectivity index (χ2n) is 5.09. The molecule has 16 heavy (non-hydrogen) atoms. The molecule has 1 atom stereocenters. The zero-order valence-electron chi connectivity index (χ0n) is 10.1. The summed E-state index contributed by atoms with van der Waals surface area (Å²) >= 11 is 2.00. The van der Waals surface area contributed by atoms with Crippen molar-refractivity contribution in [1.82, 2.24) is 10.2 Å². The maximum Gasteiger partial charge on any atom is 0.317 e. The molecule has 0 radical (unpaired) electrons. The van der Waals surface area contributed by atoms with Gasteiger partial charge in [-0.25, -0.2) is 4.79 Å². The van der Waals surface area contributed by atoms with E-state index >= 15 is 0 Å². The highest BCUT2D eigenvalue weighted by Gasteiger charge is 2.21. The molecule has 1 unspecified atom stereocenters. The van der Waals surface area contributed by atoms with Crippen molar-refractivity contribution in [2.75, 3.05) is 31.1 Å². The summed E-state index contributed by atoms with van der Waals surface area (Å²) in [6.07, 6.45) is 3.58. The van der Waals surface area contributed by atoms with Crippen LogP contribution in [0.3, 0.4) is 0 Å². The van der Waals surface area contributed by atoms with Gasteiger partial charge in [-0.2, -0.15) is 11.8 Å². The smallest absolute Gasteiger partial charge is 0.317 e. The van der Waals surface area contributed by atoms with Crippen molar-refractivity contribution in [3.05, 3.63) is 0 Å². The summed E-state index contributed by atoms with van der Waals surface area (Å²) in [4.78, 5) is 13.8. The van der Waals surface area contributed by atoms with E-state index in [9.17, 15) is 4.79 Å². The highest BCUT2D eigenvalue weighted by Crippen LogP contribution is 2.22. The first-order valence-electron chi connectivity index (χ1n) is 6.36. The second-order valence-corrected chi connectivity index (χ2v) is 6.24. The summed E-state index contributed by atoms with van der Waals surface area (Å²) in [5, 5.41) is 3.08. The van der Waals surface area contributed by atoms with Crippen molar-refractivity contribution < 1.29 is 4.79 Å². The zero-order chi connectivity index (χ0) is 11.4. The van der Waals surface area contributed by atoms with Crippen molar-refractivity contribution in [2.45, 2.75) is 26.2 Å². The lowest BCUT2D eigenvalue weighted by atomic mass is 10.00. The number of carbonyl (C=O) groups is 1. The Balaban J connectivity index is 1.67. The number of amides is 2. The van der Waals surface area contributed by atoms with Gasteiger partial charge in [0.15, 0.2) is 0 Å². The van der Waals surface area contributed by atoms with Crippen molar-refractivity contribution in [1.29, 1.82) is 0 Å². The van der Waals surface area contributed by atoms with Crippen molar-refractivity contribution in [3.8, 4) is 0 Å². The SMILES string of the molecule is CC1CCN(C(=O)NCC2CCSC2)CC1. The van der Waals surface area contributed by atoms with Crippen LogP contribution in [0, 0.1) is 11.8 Å². The number of piperidine rings is 1. The third kappa shape index (κ3) is 3.30. The Morgan fingerprint density at radius 2 is 2.12 bits per heavy atom. The third-order valence-corrected chi connectivity index (χ3v) is 4.87. The van der Waals surface area contributed by atoms with Crippen LogP contribution in [0.2, 0.25) is 0 Å². The van der Waals surface area contributed by atoms with Gasteiger partial charge in [0.05, 0.1) is 0 Å². The van der Waals surface area contributed by atoms with Crippen LogP contribution in [0.1, 0.15) is 26.2 Å². The Hall–Kier alpha value is -0.380. The standard InChI is InChI=1S/C12H22N2OS/c1-10-2-5-14(6-3-10)12(15)13-8-11-4-7-16-9-11/h10-11H,2-9H2,1H3,(H,13,15). The summed E-state index contributed by atoms with van der Waals surface area (Å²) < 4.78 is 0. The minimum absolute atomic E-state index is 0.156. The molecule has 92 valence electrons. The number of hydrogen-bond acceptors (Lipinski definition) is 2. The van der Waals surface area contributed by atoms with Gasteiger partial charge >= 0.3 is 6.03 Å². The van der Waals surface area contributed by atoms with Gasteiger partial charge < -0.3 is 10.2 Å². The molecular weight excluding hydrogens is 220 g/mol. The molecule has 0 aliphatic carbocycles. The van der Waals surface area contributed by atoms with E-state index < -0.39 is 0 Å². The molecule has 0 aromatic rings. The second kappa shape index (κ2) is 5.80. The summed E-state index contributed by atoms with van der Waals surface area (Å²) in [6, 6.07) is 0.156. The maximum atomic E-state index is 11.9. The van der Waals surface area contributed by atoms with E-state index in [1.54, 1.807) is 0 Å².